The number of halogens is 1. The number of carbonyl (C=O) groups excluding carboxylic acids is 2. The van der Waals surface area contributed by atoms with Crippen LogP contribution in [0.15, 0.2) is 60.0 Å². The van der Waals surface area contributed by atoms with Crippen molar-refractivity contribution in [3.8, 4) is 0 Å². The molecule has 1 spiro atoms. The first-order chi connectivity index (χ1) is 15.2. The van der Waals surface area contributed by atoms with Gasteiger partial charge in [0.25, 0.3) is 11.8 Å². The smallest absolute Gasteiger partial charge is 0.268 e. The van der Waals surface area contributed by atoms with Crippen LogP contribution in [0.4, 0.5) is 10.1 Å². The van der Waals surface area contributed by atoms with Gasteiger partial charge in [0.05, 0.1) is 17.1 Å². The van der Waals surface area contributed by atoms with E-state index in [-0.39, 0.29) is 22.4 Å². The molecular weight excluding hydrogens is 443 g/mol. The molecule has 3 heterocycles. The van der Waals surface area contributed by atoms with E-state index < -0.39 is 4.87 Å². The van der Waals surface area contributed by atoms with E-state index in [4.69, 9.17) is 0 Å². The third-order valence-electron chi connectivity index (χ3n) is 5.92. The highest BCUT2D eigenvalue weighted by molar-refractivity contribution is 8.02. The molecule has 4 nitrogen and oxygen atoms in total. The first-order valence-electron chi connectivity index (χ1n) is 10.4. The van der Waals surface area contributed by atoms with E-state index >= 15 is 0 Å². The van der Waals surface area contributed by atoms with Crippen LogP contribution in [0.3, 0.4) is 0 Å². The fraction of sp³-hybridized carbons (Fsp3) is 0.280. The normalized spacial score (nSPS) is 21.4. The van der Waals surface area contributed by atoms with Gasteiger partial charge in [0, 0.05) is 16.9 Å². The SMILES string of the molecule is Cc1ccc2c(c1)[C@]1(SC(C)(C)CN1C(=O)c1cccs1)C(=O)N2Cc1ccc(F)cc1. The maximum Gasteiger partial charge on any atom is 0.268 e. The van der Waals surface area contributed by atoms with Crippen molar-refractivity contribution in [3.05, 3.63) is 87.4 Å². The summed E-state index contributed by atoms with van der Waals surface area (Å²) in [6.45, 7) is 6.94. The summed E-state index contributed by atoms with van der Waals surface area (Å²) >= 11 is 2.94. The van der Waals surface area contributed by atoms with Crippen molar-refractivity contribution >= 4 is 40.6 Å². The molecule has 1 saturated heterocycles. The Morgan fingerprint density at radius 3 is 2.56 bits per heavy atom. The first kappa shape index (κ1) is 21.2. The van der Waals surface area contributed by atoms with Gasteiger partial charge < -0.3 is 9.80 Å². The maximum absolute atomic E-state index is 14.2. The number of amides is 2. The van der Waals surface area contributed by atoms with Crippen LogP contribution < -0.4 is 4.90 Å². The summed E-state index contributed by atoms with van der Waals surface area (Å²) in [6.07, 6.45) is 0. The lowest BCUT2D eigenvalue weighted by molar-refractivity contribution is -0.123. The Kier molecular flexibility index (Phi) is 4.94. The van der Waals surface area contributed by atoms with Gasteiger partial charge in [-0.2, -0.15) is 0 Å². The largest absolute Gasteiger partial charge is 0.309 e. The molecular formula is C25H23FN2O2S2. The van der Waals surface area contributed by atoms with Crippen molar-refractivity contribution in [2.45, 2.75) is 36.9 Å². The average Bonchev–Trinajstić information content (AvgIpc) is 3.43. The molecule has 2 aliphatic heterocycles. The molecule has 0 saturated carbocycles. The second kappa shape index (κ2) is 7.46. The molecule has 1 aromatic heterocycles. The summed E-state index contributed by atoms with van der Waals surface area (Å²) in [5, 5.41) is 1.88. The van der Waals surface area contributed by atoms with E-state index in [1.807, 2.05) is 42.6 Å². The fourth-order valence-corrected chi connectivity index (χ4v) is 6.97. The van der Waals surface area contributed by atoms with E-state index in [0.717, 1.165) is 22.4 Å². The highest BCUT2D eigenvalue weighted by Gasteiger charge is 2.63. The van der Waals surface area contributed by atoms with Crippen LogP contribution in [0.2, 0.25) is 0 Å². The fourth-order valence-electron chi connectivity index (χ4n) is 4.58. The third kappa shape index (κ3) is 3.26. The predicted molar refractivity (Wildman–Crippen MR) is 127 cm³/mol. The van der Waals surface area contributed by atoms with Crippen molar-refractivity contribution in [2.24, 2.45) is 0 Å². The lowest BCUT2D eigenvalue weighted by atomic mass is 10.0. The van der Waals surface area contributed by atoms with Gasteiger partial charge in [-0.3, -0.25) is 9.59 Å². The summed E-state index contributed by atoms with van der Waals surface area (Å²) < 4.78 is 13.1. The van der Waals surface area contributed by atoms with Gasteiger partial charge in [0.15, 0.2) is 4.87 Å². The highest BCUT2D eigenvalue weighted by atomic mass is 32.2. The summed E-state index contributed by atoms with van der Waals surface area (Å²) in [5.74, 6) is -0.555. The Balaban J connectivity index is 1.65. The minimum atomic E-state index is -1.12. The topological polar surface area (TPSA) is 40.6 Å². The van der Waals surface area contributed by atoms with Gasteiger partial charge in [0.2, 0.25) is 0 Å². The number of fused-ring (bicyclic) bond motifs is 2. The van der Waals surface area contributed by atoms with Gasteiger partial charge in [-0.05, 0) is 56.0 Å². The molecule has 32 heavy (non-hydrogen) atoms. The molecule has 1 atom stereocenters. The maximum atomic E-state index is 14.2. The minimum Gasteiger partial charge on any atom is -0.309 e. The van der Waals surface area contributed by atoms with Crippen LogP contribution in [-0.4, -0.2) is 28.0 Å². The van der Waals surface area contributed by atoms with E-state index in [2.05, 4.69) is 13.8 Å². The van der Waals surface area contributed by atoms with Gasteiger partial charge in [0.1, 0.15) is 5.82 Å². The lowest BCUT2D eigenvalue weighted by Crippen LogP contribution is -2.50. The molecule has 3 aromatic rings. The number of nitrogens with zero attached hydrogens (tertiary/aromatic N) is 2. The molecule has 0 N–H and O–H groups in total. The Morgan fingerprint density at radius 2 is 1.88 bits per heavy atom. The zero-order valence-electron chi connectivity index (χ0n) is 18.1. The molecule has 164 valence electrons. The van der Waals surface area contributed by atoms with Crippen LogP contribution in [0.1, 0.15) is 40.2 Å². The van der Waals surface area contributed by atoms with Crippen LogP contribution in [0.5, 0.6) is 0 Å². The average molecular weight is 467 g/mol. The summed E-state index contributed by atoms with van der Waals surface area (Å²) in [4.78, 5) is 30.8. The molecule has 2 aromatic carbocycles. The number of thioether (sulfide) groups is 1. The zero-order valence-corrected chi connectivity index (χ0v) is 19.7. The number of aryl methyl sites for hydroxylation is 1. The van der Waals surface area contributed by atoms with Crippen LogP contribution in [-0.2, 0) is 16.2 Å². The molecule has 0 radical (unpaired) electrons. The second-order valence-electron chi connectivity index (χ2n) is 8.91. The van der Waals surface area contributed by atoms with Crippen molar-refractivity contribution in [3.63, 3.8) is 0 Å². The molecule has 0 bridgehead atoms. The van der Waals surface area contributed by atoms with Crippen LogP contribution in [0, 0.1) is 12.7 Å². The van der Waals surface area contributed by atoms with Crippen molar-refractivity contribution in [2.75, 3.05) is 11.4 Å². The van der Waals surface area contributed by atoms with Gasteiger partial charge in [-0.15, -0.1) is 23.1 Å². The molecule has 0 unspecified atom stereocenters. The number of rotatable bonds is 3. The quantitative estimate of drug-likeness (QED) is 0.507. The number of thiophene rings is 1. The summed E-state index contributed by atoms with van der Waals surface area (Å²) in [5.41, 5.74) is 3.53. The van der Waals surface area contributed by atoms with E-state index in [1.165, 1.54) is 23.5 Å². The van der Waals surface area contributed by atoms with E-state index in [1.54, 1.807) is 33.7 Å². The zero-order chi connectivity index (χ0) is 22.7. The van der Waals surface area contributed by atoms with E-state index in [0.29, 0.717) is 18.0 Å². The highest BCUT2D eigenvalue weighted by Crippen LogP contribution is 2.60. The molecule has 0 aliphatic carbocycles. The summed E-state index contributed by atoms with van der Waals surface area (Å²) in [6, 6.07) is 15.8. The van der Waals surface area contributed by atoms with Crippen molar-refractivity contribution in [1.29, 1.82) is 0 Å². The van der Waals surface area contributed by atoms with Crippen molar-refractivity contribution in [1.82, 2.24) is 4.90 Å². The predicted octanol–water partition coefficient (Wildman–Crippen LogP) is 5.56. The molecule has 1 fully saturated rings. The van der Waals surface area contributed by atoms with Gasteiger partial charge in [-0.1, -0.05) is 35.9 Å². The van der Waals surface area contributed by atoms with E-state index in [9.17, 15) is 14.0 Å². The molecule has 2 amide bonds. The monoisotopic (exact) mass is 466 g/mol. The Morgan fingerprint density at radius 1 is 1.12 bits per heavy atom. The van der Waals surface area contributed by atoms with Crippen LogP contribution in [0.25, 0.3) is 0 Å². The van der Waals surface area contributed by atoms with Crippen LogP contribution >= 0.6 is 23.1 Å². The number of hydrogen-bond donors (Lipinski definition) is 0. The van der Waals surface area contributed by atoms with Crippen molar-refractivity contribution < 1.29 is 14.0 Å². The minimum absolute atomic E-state index is 0.122. The molecule has 5 rings (SSSR count). The number of anilines is 1. The number of hydrogen-bond acceptors (Lipinski definition) is 4. The Labute approximate surface area is 195 Å². The first-order valence-corrected chi connectivity index (χ1v) is 12.1. The third-order valence-corrected chi connectivity index (χ3v) is 8.37. The Hall–Kier alpha value is -2.64. The second-order valence-corrected chi connectivity index (χ2v) is 11.8. The molecule has 2 aliphatic rings. The standard InChI is InChI=1S/C25H23FN2O2S2/c1-16-6-11-20-19(13-16)25(23(30)27(20)14-17-7-9-18(26)10-8-17)28(15-24(2,3)32-25)22(29)21-5-4-12-31-21/h4-13H,14-15H2,1-3H3/t25-/m0/s1. The summed E-state index contributed by atoms with van der Waals surface area (Å²) in [7, 11) is 0. The Bertz CT molecular complexity index is 1210. The van der Waals surface area contributed by atoms with Gasteiger partial charge >= 0.3 is 0 Å². The number of benzene rings is 2. The number of carbonyl (C=O) groups is 2. The van der Waals surface area contributed by atoms with Gasteiger partial charge in [-0.25, -0.2) is 4.39 Å². The molecule has 7 heteroatoms. The lowest BCUT2D eigenvalue weighted by Gasteiger charge is -2.33.